The summed E-state index contributed by atoms with van der Waals surface area (Å²) in [6.45, 7) is 4.27. The van der Waals surface area contributed by atoms with Gasteiger partial charge >= 0.3 is 0 Å². The number of nitrogens with one attached hydrogen (secondary N) is 1. The maximum absolute atomic E-state index is 13.2. The third-order valence-electron chi connectivity index (χ3n) is 5.32. The maximum Gasteiger partial charge on any atom is 0.254 e. The summed E-state index contributed by atoms with van der Waals surface area (Å²) in [6.07, 6.45) is 6.00. The van der Waals surface area contributed by atoms with Gasteiger partial charge in [0.05, 0.1) is 11.3 Å². The van der Waals surface area contributed by atoms with Crippen LogP contribution < -0.4 is 5.56 Å². The molecule has 1 saturated heterocycles. The summed E-state index contributed by atoms with van der Waals surface area (Å²) in [6, 6.07) is 8.86. The van der Waals surface area contributed by atoms with Crippen LogP contribution in [-0.2, 0) is 13.0 Å². The van der Waals surface area contributed by atoms with Crippen LogP contribution in [0.2, 0.25) is 0 Å². The number of piperidine rings is 1. The summed E-state index contributed by atoms with van der Waals surface area (Å²) in [4.78, 5) is 29.9. The summed E-state index contributed by atoms with van der Waals surface area (Å²) in [5.41, 5.74) is 1.94. The number of aromatic nitrogens is 4. The maximum atomic E-state index is 13.2. The minimum absolute atomic E-state index is 0.0720. The molecule has 1 N–H and O–H groups in total. The lowest BCUT2D eigenvalue weighted by atomic mass is 9.97. The number of nitrogens with zero attached hydrogens (tertiary/aromatic N) is 4. The molecule has 1 atom stereocenters. The van der Waals surface area contributed by atoms with Crippen LogP contribution in [0.4, 0.5) is 0 Å². The molecule has 1 aromatic carbocycles. The average Bonchev–Trinajstić information content (AvgIpc) is 3.14. The van der Waals surface area contributed by atoms with E-state index in [0.29, 0.717) is 23.5 Å². The lowest BCUT2D eigenvalue weighted by molar-refractivity contribution is 0.0661. The lowest BCUT2D eigenvalue weighted by Gasteiger charge is -2.33. The van der Waals surface area contributed by atoms with Gasteiger partial charge in [-0.25, -0.2) is 0 Å². The van der Waals surface area contributed by atoms with Crippen molar-refractivity contribution in [1.29, 1.82) is 0 Å². The van der Waals surface area contributed by atoms with Gasteiger partial charge in [0, 0.05) is 42.8 Å². The molecular formula is C21H25N5O2. The van der Waals surface area contributed by atoms with Gasteiger partial charge in [0.15, 0.2) is 0 Å². The number of benzene rings is 1. The van der Waals surface area contributed by atoms with Crippen molar-refractivity contribution in [2.24, 2.45) is 5.92 Å². The molecule has 0 radical (unpaired) electrons. The molecule has 1 fully saturated rings. The van der Waals surface area contributed by atoms with E-state index < -0.39 is 0 Å². The first-order chi connectivity index (χ1) is 13.6. The molecule has 2 aromatic heterocycles. The van der Waals surface area contributed by atoms with Gasteiger partial charge in [0.25, 0.3) is 5.91 Å². The number of carbonyl (C=O) groups is 1. The number of para-hydroxylation sites is 1. The van der Waals surface area contributed by atoms with Crippen LogP contribution in [-0.4, -0.2) is 43.9 Å². The first-order valence-corrected chi connectivity index (χ1v) is 9.94. The summed E-state index contributed by atoms with van der Waals surface area (Å²) >= 11 is 0. The Balaban J connectivity index is 1.51. The van der Waals surface area contributed by atoms with Crippen LogP contribution in [0.1, 0.15) is 42.2 Å². The largest absolute Gasteiger partial charge is 0.338 e. The number of carbonyl (C=O) groups excluding carboxylic acids is 1. The fraction of sp³-hybridized carbons (Fsp3) is 0.429. The molecule has 7 nitrogen and oxygen atoms in total. The smallest absolute Gasteiger partial charge is 0.254 e. The Kier molecular flexibility index (Phi) is 5.23. The first-order valence-electron chi connectivity index (χ1n) is 9.94. The SMILES string of the molecule is CCCc1cn(C[C@@H]2CCCN(C(=O)c3cc(=O)[nH]c4ccccc34)C2)nn1. The van der Waals surface area contributed by atoms with Gasteiger partial charge in [0.2, 0.25) is 5.56 Å². The molecule has 4 rings (SSSR count). The van der Waals surface area contributed by atoms with E-state index in [1.807, 2.05) is 40.0 Å². The standard InChI is InChI=1S/C21H25N5O2/c1-2-6-16-14-26(24-23-16)13-15-7-5-10-25(12-15)21(28)18-11-20(27)22-19-9-4-3-8-17(18)19/h3-4,8-9,11,14-15H,2,5-7,10,12-13H2,1H3,(H,22,27)/t15-/m1/s1. The molecule has 0 bridgehead atoms. The fourth-order valence-electron chi connectivity index (χ4n) is 4.01. The predicted molar refractivity (Wildman–Crippen MR) is 107 cm³/mol. The Hall–Kier alpha value is -2.96. The zero-order chi connectivity index (χ0) is 19.5. The van der Waals surface area contributed by atoms with Crippen molar-refractivity contribution >= 4 is 16.8 Å². The Labute approximate surface area is 163 Å². The van der Waals surface area contributed by atoms with E-state index in [2.05, 4.69) is 22.2 Å². The van der Waals surface area contributed by atoms with E-state index >= 15 is 0 Å². The van der Waals surface area contributed by atoms with Gasteiger partial charge in [-0.15, -0.1) is 5.10 Å². The molecule has 3 aromatic rings. The molecule has 0 aliphatic carbocycles. The monoisotopic (exact) mass is 379 g/mol. The van der Waals surface area contributed by atoms with Gasteiger partial charge in [-0.05, 0) is 31.2 Å². The molecular weight excluding hydrogens is 354 g/mol. The van der Waals surface area contributed by atoms with E-state index in [9.17, 15) is 9.59 Å². The zero-order valence-corrected chi connectivity index (χ0v) is 16.1. The molecule has 7 heteroatoms. The quantitative estimate of drug-likeness (QED) is 0.739. The molecule has 3 heterocycles. The first kappa shape index (κ1) is 18.4. The van der Waals surface area contributed by atoms with Crippen molar-refractivity contribution in [1.82, 2.24) is 24.9 Å². The molecule has 28 heavy (non-hydrogen) atoms. The summed E-state index contributed by atoms with van der Waals surface area (Å²) in [5.74, 6) is 0.263. The number of hydrogen-bond acceptors (Lipinski definition) is 4. The fourth-order valence-corrected chi connectivity index (χ4v) is 4.01. The minimum Gasteiger partial charge on any atom is -0.338 e. The van der Waals surface area contributed by atoms with Crippen molar-refractivity contribution < 1.29 is 4.79 Å². The molecule has 1 aliphatic heterocycles. The van der Waals surface area contributed by atoms with Crippen LogP contribution in [0.15, 0.2) is 41.3 Å². The van der Waals surface area contributed by atoms with Crippen LogP contribution in [0, 0.1) is 5.92 Å². The Morgan fingerprint density at radius 1 is 1.32 bits per heavy atom. The van der Waals surface area contributed by atoms with E-state index in [1.54, 1.807) is 0 Å². The van der Waals surface area contributed by atoms with Crippen LogP contribution >= 0.6 is 0 Å². The predicted octanol–water partition coefficient (Wildman–Crippen LogP) is 2.62. The van der Waals surface area contributed by atoms with Gasteiger partial charge in [0.1, 0.15) is 0 Å². The molecule has 1 amide bonds. The Morgan fingerprint density at radius 2 is 2.18 bits per heavy atom. The van der Waals surface area contributed by atoms with Gasteiger partial charge in [-0.1, -0.05) is 36.8 Å². The van der Waals surface area contributed by atoms with Crippen molar-refractivity contribution in [2.45, 2.75) is 39.2 Å². The number of rotatable bonds is 5. The van der Waals surface area contributed by atoms with Crippen LogP contribution in [0.3, 0.4) is 0 Å². The van der Waals surface area contributed by atoms with Crippen molar-refractivity contribution in [3.63, 3.8) is 0 Å². The van der Waals surface area contributed by atoms with Crippen molar-refractivity contribution in [2.75, 3.05) is 13.1 Å². The second kappa shape index (κ2) is 7.96. The van der Waals surface area contributed by atoms with E-state index in [1.165, 1.54) is 6.07 Å². The molecule has 1 aliphatic rings. The number of aryl methyl sites for hydroxylation is 1. The van der Waals surface area contributed by atoms with Gasteiger partial charge < -0.3 is 9.88 Å². The van der Waals surface area contributed by atoms with E-state index in [-0.39, 0.29) is 11.5 Å². The van der Waals surface area contributed by atoms with Crippen molar-refractivity contribution in [3.05, 3.63) is 58.1 Å². The third-order valence-corrected chi connectivity index (χ3v) is 5.32. The van der Waals surface area contributed by atoms with E-state index in [0.717, 1.165) is 49.9 Å². The van der Waals surface area contributed by atoms with Crippen LogP contribution in [0.25, 0.3) is 10.9 Å². The molecule has 146 valence electrons. The summed E-state index contributed by atoms with van der Waals surface area (Å²) < 4.78 is 1.90. The number of hydrogen-bond donors (Lipinski definition) is 1. The highest BCUT2D eigenvalue weighted by Crippen LogP contribution is 2.22. The topological polar surface area (TPSA) is 83.9 Å². The number of fused-ring (bicyclic) bond motifs is 1. The Morgan fingerprint density at radius 3 is 3.04 bits per heavy atom. The molecule has 0 saturated carbocycles. The highest BCUT2D eigenvalue weighted by molar-refractivity contribution is 6.05. The van der Waals surface area contributed by atoms with Gasteiger partial charge in [-0.2, -0.15) is 0 Å². The highest BCUT2D eigenvalue weighted by atomic mass is 16.2. The number of likely N-dealkylation sites (tertiary alicyclic amines) is 1. The summed E-state index contributed by atoms with van der Waals surface area (Å²) in [5, 5.41) is 9.23. The van der Waals surface area contributed by atoms with Gasteiger partial charge in [-0.3, -0.25) is 14.3 Å². The Bertz CT molecular complexity index is 1040. The average molecular weight is 379 g/mol. The van der Waals surface area contributed by atoms with Crippen LogP contribution in [0.5, 0.6) is 0 Å². The second-order valence-electron chi connectivity index (χ2n) is 7.53. The number of H-pyrrole nitrogens is 1. The molecule has 0 spiro atoms. The normalized spacial score (nSPS) is 17.2. The number of pyridine rings is 1. The second-order valence-corrected chi connectivity index (χ2v) is 7.53. The third kappa shape index (κ3) is 3.83. The van der Waals surface area contributed by atoms with Crippen molar-refractivity contribution in [3.8, 4) is 0 Å². The van der Waals surface area contributed by atoms with E-state index in [4.69, 9.17) is 0 Å². The lowest BCUT2D eigenvalue weighted by Crippen LogP contribution is -2.41. The minimum atomic E-state index is -0.248. The number of amides is 1. The molecule has 0 unspecified atom stereocenters. The zero-order valence-electron chi connectivity index (χ0n) is 16.1. The number of aromatic amines is 1. The highest BCUT2D eigenvalue weighted by Gasteiger charge is 2.26. The summed E-state index contributed by atoms with van der Waals surface area (Å²) in [7, 11) is 0.